The number of aryl methyl sites for hydroxylation is 1. The van der Waals surface area contributed by atoms with Crippen molar-refractivity contribution in [3.8, 4) is 5.75 Å². The number of carbonyl (C=O) groups is 1. The third-order valence-electron chi connectivity index (χ3n) is 8.56. The van der Waals surface area contributed by atoms with Crippen LogP contribution in [-0.4, -0.2) is 58.1 Å². The lowest BCUT2D eigenvalue weighted by atomic mass is 10.0. The van der Waals surface area contributed by atoms with E-state index in [4.69, 9.17) is 13.9 Å². The molecule has 39 heavy (non-hydrogen) atoms. The number of fused-ring (bicyclic) bond motifs is 2. The molecule has 210 valence electrons. The molecule has 1 N–H and O–H groups in total. The molecule has 2 aromatic carbocycles. The average Bonchev–Trinajstić information content (AvgIpc) is 3.51. The van der Waals surface area contributed by atoms with Crippen LogP contribution in [0.3, 0.4) is 0 Å². The number of carbonyl (C=O) groups excluding carboxylic acids is 1. The molecule has 6 nitrogen and oxygen atoms in total. The van der Waals surface area contributed by atoms with Gasteiger partial charge in [0.15, 0.2) is 8.32 Å². The van der Waals surface area contributed by atoms with Gasteiger partial charge in [-0.3, -0.25) is 4.90 Å². The highest BCUT2D eigenvalue weighted by Crippen LogP contribution is 2.38. The predicted molar refractivity (Wildman–Crippen MR) is 162 cm³/mol. The number of hydrogen-bond donors (Lipinski definition) is 1. The number of benzene rings is 2. The summed E-state index contributed by atoms with van der Waals surface area (Å²) in [6.45, 7) is 14.1. The number of nitrogens with one attached hydrogen (secondary N) is 1. The van der Waals surface area contributed by atoms with Crippen molar-refractivity contribution in [3.05, 3.63) is 70.9 Å². The average molecular weight is 549 g/mol. The van der Waals surface area contributed by atoms with Gasteiger partial charge in [0.25, 0.3) is 0 Å². The Bertz CT molecular complexity index is 1320. The molecular formula is C32H44N2O4Si. The fraction of sp³-hybridized carbons (Fsp3) is 0.469. The monoisotopic (exact) mass is 548 g/mol. The van der Waals surface area contributed by atoms with Crippen molar-refractivity contribution < 1.29 is 18.7 Å². The van der Waals surface area contributed by atoms with Gasteiger partial charge in [0.1, 0.15) is 5.75 Å². The molecule has 1 aliphatic rings. The highest BCUT2D eigenvalue weighted by molar-refractivity contribution is 6.74. The second-order valence-corrected chi connectivity index (χ2v) is 16.8. The minimum absolute atomic E-state index is 0.191. The van der Waals surface area contributed by atoms with E-state index in [1.807, 2.05) is 12.1 Å². The van der Waals surface area contributed by atoms with Gasteiger partial charge < -0.3 is 18.9 Å². The van der Waals surface area contributed by atoms with Gasteiger partial charge in [0.05, 0.1) is 14.2 Å². The molecule has 1 atom stereocenters. The van der Waals surface area contributed by atoms with E-state index >= 15 is 0 Å². The maximum atomic E-state index is 11.5. The molecule has 0 radical (unpaired) electrons. The molecule has 3 aromatic rings. The van der Waals surface area contributed by atoms with Gasteiger partial charge in [-0.25, -0.2) is 4.79 Å². The number of esters is 1. The zero-order valence-electron chi connectivity index (χ0n) is 24.6. The Balaban J connectivity index is 1.53. The number of ether oxygens (including phenoxy) is 2. The van der Waals surface area contributed by atoms with Gasteiger partial charge in [-0.05, 0) is 77.9 Å². The minimum Gasteiger partial charge on any atom is -0.497 e. The SMILES string of the molecule is COC(=O)/C=C/c1ccc2c(c1)CCC2N(CCO[Si](C)(C)C(C)(C)C)CCc1c[nH]c2cc(OC)ccc12. The standard InChI is InChI=1S/C32H44N2O4Si/c1-32(2,3)39(6,7)38-19-18-34(17-16-25-22-33-29-21-26(36-4)11-13-27(25)29)30-14-10-24-20-23(8-12-28(24)30)9-15-31(35)37-5/h8-9,11-13,15,20-22,30,33H,10,14,16-19H2,1-7H3/b15-9+. The normalized spacial score (nSPS) is 15.8. The summed E-state index contributed by atoms with van der Waals surface area (Å²) in [5.74, 6) is 0.528. The van der Waals surface area contributed by atoms with Crippen molar-refractivity contribution in [1.29, 1.82) is 0 Å². The number of rotatable bonds is 11. The Morgan fingerprint density at radius 3 is 2.64 bits per heavy atom. The van der Waals surface area contributed by atoms with Crippen molar-refractivity contribution in [2.45, 2.75) is 64.2 Å². The Morgan fingerprint density at radius 1 is 1.13 bits per heavy atom. The summed E-state index contributed by atoms with van der Waals surface area (Å²) < 4.78 is 16.8. The first-order valence-electron chi connectivity index (χ1n) is 13.9. The van der Waals surface area contributed by atoms with Gasteiger partial charge in [-0.1, -0.05) is 39.0 Å². The van der Waals surface area contributed by atoms with Gasteiger partial charge >= 0.3 is 5.97 Å². The maximum Gasteiger partial charge on any atom is 0.330 e. The summed E-state index contributed by atoms with van der Waals surface area (Å²) in [6.07, 6.45) is 8.53. The number of nitrogens with zero attached hydrogens (tertiary/aromatic N) is 1. The molecule has 4 rings (SSSR count). The van der Waals surface area contributed by atoms with E-state index in [0.29, 0.717) is 6.04 Å². The van der Waals surface area contributed by atoms with E-state index in [1.165, 1.54) is 35.3 Å². The molecule has 1 heterocycles. The molecule has 0 spiro atoms. The lowest BCUT2D eigenvalue weighted by molar-refractivity contribution is -0.134. The number of H-pyrrole nitrogens is 1. The van der Waals surface area contributed by atoms with E-state index in [2.05, 4.69) is 80.3 Å². The molecule has 1 aliphatic carbocycles. The van der Waals surface area contributed by atoms with Crippen molar-refractivity contribution >= 4 is 31.3 Å². The molecule has 0 saturated carbocycles. The summed E-state index contributed by atoms with van der Waals surface area (Å²) in [7, 11) is 1.28. The largest absolute Gasteiger partial charge is 0.497 e. The molecule has 7 heteroatoms. The molecule has 0 fully saturated rings. The van der Waals surface area contributed by atoms with Crippen LogP contribution in [0.15, 0.2) is 48.7 Å². The Morgan fingerprint density at radius 2 is 1.92 bits per heavy atom. The fourth-order valence-electron chi connectivity index (χ4n) is 5.15. The zero-order chi connectivity index (χ0) is 28.2. The van der Waals surface area contributed by atoms with Crippen LogP contribution in [0.25, 0.3) is 17.0 Å². The molecule has 0 amide bonds. The third kappa shape index (κ3) is 6.83. The molecule has 0 bridgehead atoms. The van der Waals surface area contributed by atoms with Crippen molar-refractivity contribution in [2.24, 2.45) is 0 Å². The van der Waals surface area contributed by atoms with E-state index in [9.17, 15) is 4.79 Å². The second-order valence-electron chi connectivity index (χ2n) is 12.0. The van der Waals surface area contributed by atoms with E-state index in [-0.39, 0.29) is 11.0 Å². The van der Waals surface area contributed by atoms with E-state index in [1.54, 1.807) is 7.11 Å². The van der Waals surface area contributed by atoms with Crippen LogP contribution in [0.5, 0.6) is 5.75 Å². The van der Waals surface area contributed by atoms with E-state index in [0.717, 1.165) is 55.8 Å². The highest BCUT2D eigenvalue weighted by atomic mass is 28.4. The van der Waals surface area contributed by atoms with E-state index < -0.39 is 8.32 Å². The fourth-order valence-corrected chi connectivity index (χ4v) is 6.19. The number of hydrogen-bond acceptors (Lipinski definition) is 5. The number of aromatic nitrogens is 1. The topological polar surface area (TPSA) is 63.8 Å². The molecule has 1 unspecified atom stereocenters. The molecule has 1 aromatic heterocycles. The summed E-state index contributed by atoms with van der Waals surface area (Å²) in [5, 5.41) is 1.44. The van der Waals surface area contributed by atoms with Gasteiger partial charge in [-0.15, -0.1) is 0 Å². The van der Waals surface area contributed by atoms with Gasteiger partial charge in [0.2, 0.25) is 0 Å². The minimum atomic E-state index is -1.82. The summed E-state index contributed by atoms with van der Waals surface area (Å²) in [6, 6.07) is 13.2. The predicted octanol–water partition coefficient (Wildman–Crippen LogP) is 6.92. The summed E-state index contributed by atoms with van der Waals surface area (Å²) in [5.41, 5.74) is 6.21. The lowest BCUT2D eigenvalue weighted by Gasteiger charge is -2.37. The van der Waals surface area contributed by atoms with Crippen molar-refractivity contribution in [2.75, 3.05) is 33.9 Å². The molecular weight excluding hydrogens is 504 g/mol. The first-order valence-corrected chi connectivity index (χ1v) is 16.8. The second kappa shape index (κ2) is 12.1. The number of methoxy groups -OCH3 is 2. The first kappa shape index (κ1) is 29.1. The molecule has 0 aliphatic heterocycles. The summed E-state index contributed by atoms with van der Waals surface area (Å²) >= 11 is 0. The Labute approximate surface area is 234 Å². The van der Waals surface area contributed by atoms with Gasteiger partial charge in [0, 0.05) is 55.0 Å². The van der Waals surface area contributed by atoms with Crippen LogP contribution in [0.4, 0.5) is 0 Å². The van der Waals surface area contributed by atoms with Crippen LogP contribution in [-0.2, 0) is 26.8 Å². The Hall–Kier alpha value is -2.87. The molecule has 0 saturated heterocycles. The van der Waals surface area contributed by atoms with Crippen LogP contribution in [0, 0.1) is 0 Å². The maximum absolute atomic E-state index is 11.5. The van der Waals surface area contributed by atoms with Crippen LogP contribution < -0.4 is 4.74 Å². The van der Waals surface area contributed by atoms with Crippen LogP contribution in [0.1, 0.15) is 55.5 Å². The first-order chi connectivity index (χ1) is 18.5. The Kier molecular flexibility index (Phi) is 9.04. The van der Waals surface area contributed by atoms with Crippen LogP contribution >= 0.6 is 0 Å². The third-order valence-corrected chi connectivity index (χ3v) is 13.1. The number of aromatic amines is 1. The highest BCUT2D eigenvalue weighted by Gasteiger charge is 2.37. The smallest absolute Gasteiger partial charge is 0.330 e. The van der Waals surface area contributed by atoms with Crippen molar-refractivity contribution in [1.82, 2.24) is 9.88 Å². The van der Waals surface area contributed by atoms with Gasteiger partial charge in [-0.2, -0.15) is 0 Å². The van der Waals surface area contributed by atoms with Crippen molar-refractivity contribution in [3.63, 3.8) is 0 Å². The zero-order valence-corrected chi connectivity index (χ0v) is 25.6. The summed E-state index contributed by atoms with van der Waals surface area (Å²) in [4.78, 5) is 17.6. The lowest BCUT2D eigenvalue weighted by Crippen LogP contribution is -2.43. The quantitative estimate of drug-likeness (QED) is 0.160. The van der Waals surface area contributed by atoms with Crippen LogP contribution in [0.2, 0.25) is 18.1 Å².